The van der Waals surface area contributed by atoms with Crippen LogP contribution in [0.3, 0.4) is 0 Å². The zero-order valence-electron chi connectivity index (χ0n) is 11.7. The number of halogens is 2. The molecular formula is C15H18F2N2O. The first-order chi connectivity index (χ1) is 9.44. The highest BCUT2D eigenvalue weighted by atomic mass is 19.1. The van der Waals surface area contributed by atoms with Crippen molar-refractivity contribution in [3.05, 3.63) is 35.4 Å². The third-order valence-electron chi connectivity index (χ3n) is 4.57. The van der Waals surface area contributed by atoms with Gasteiger partial charge in [0, 0.05) is 19.2 Å². The maximum Gasteiger partial charge on any atom is 0.244 e. The molecule has 1 unspecified atom stereocenters. The molecule has 1 amide bonds. The van der Waals surface area contributed by atoms with Crippen molar-refractivity contribution in [1.82, 2.24) is 10.0 Å². The minimum absolute atomic E-state index is 0.0622. The Balaban J connectivity index is 1.95. The lowest BCUT2D eigenvalue weighted by molar-refractivity contribution is -0.142. The number of hydrogen-bond acceptors (Lipinski definition) is 2. The van der Waals surface area contributed by atoms with Gasteiger partial charge in [-0.15, -0.1) is 0 Å². The summed E-state index contributed by atoms with van der Waals surface area (Å²) in [6.07, 6.45) is 1.48. The van der Waals surface area contributed by atoms with E-state index in [4.69, 9.17) is 0 Å². The predicted molar refractivity (Wildman–Crippen MR) is 70.5 cm³/mol. The van der Waals surface area contributed by atoms with E-state index in [-0.39, 0.29) is 17.4 Å². The summed E-state index contributed by atoms with van der Waals surface area (Å²) in [4.78, 5) is 12.6. The summed E-state index contributed by atoms with van der Waals surface area (Å²) in [5.74, 6) is -1.13. The molecule has 2 atom stereocenters. The fourth-order valence-corrected chi connectivity index (χ4v) is 3.21. The number of carbonyl (C=O) groups excluding carboxylic acids is 1. The molecule has 5 heteroatoms. The molecule has 0 saturated carbocycles. The van der Waals surface area contributed by atoms with Gasteiger partial charge in [-0.05, 0) is 37.5 Å². The van der Waals surface area contributed by atoms with Gasteiger partial charge in [0.15, 0.2) is 0 Å². The number of rotatable bonds is 2. The van der Waals surface area contributed by atoms with Crippen molar-refractivity contribution in [1.29, 1.82) is 0 Å². The number of nitrogens with zero attached hydrogens (tertiary/aromatic N) is 2. The zero-order valence-corrected chi connectivity index (χ0v) is 11.7. The Morgan fingerprint density at radius 1 is 1.30 bits per heavy atom. The Labute approximate surface area is 117 Å². The van der Waals surface area contributed by atoms with Crippen molar-refractivity contribution in [2.45, 2.75) is 32.7 Å². The van der Waals surface area contributed by atoms with Crippen LogP contribution in [0.25, 0.3) is 0 Å². The minimum Gasteiger partial charge on any atom is -0.273 e. The molecule has 3 rings (SSSR count). The summed E-state index contributed by atoms with van der Waals surface area (Å²) < 4.78 is 26.8. The van der Waals surface area contributed by atoms with E-state index in [1.165, 1.54) is 12.1 Å². The number of fused-ring (bicyclic) bond motifs is 1. The van der Waals surface area contributed by atoms with Crippen molar-refractivity contribution < 1.29 is 13.6 Å². The summed E-state index contributed by atoms with van der Waals surface area (Å²) in [6, 6.07) is 3.26. The van der Waals surface area contributed by atoms with Gasteiger partial charge < -0.3 is 0 Å². The maximum atomic E-state index is 13.4. The molecule has 20 heavy (non-hydrogen) atoms. The van der Waals surface area contributed by atoms with Crippen molar-refractivity contribution in [2.75, 3.05) is 13.1 Å². The van der Waals surface area contributed by atoms with Crippen molar-refractivity contribution >= 4 is 5.91 Å². The predicted octanol–water partition coefficient (Wildman–Crippen LogP) is 2.89. The number of hydrazine groups is 1. The van der Waals surface area contributed by atoms with Crippen LogP contribution in [0.2, 0.25) is 0 Å². The van der Waals surface area contributed by atoms with Gasteiger partial charge in [0.05, 0.1) is 11.5 Å². The van der Waals surface area contributed by atoms with E-state index in [0.717, 1.165) is 19.0 Å². The van der Waals surface area contributed by atoms with Gasteiger partial charge in [0.25, 0.3) is 0 Å². The summed E-state index contributed by atoms with van der Waals surface area (Å²) in [6.45, 7) is 5.40. The zero-order chi connectivity index (χ0) is 14.5. The largest absolute Gasteiger partial charge is 0.273 e. The van der Waals surface area contributed by atoms with Crippen molar-refractivity contribution in [3.8, 4) is 0 Å². The molecule has 3 nitrogen and oxygen atoms in total. The molecule has 2 aliphatic rings. The first kappa shape index (κ1) is 13.5. The second-order valence-corrected chi connectivity index (χ2v) is 5.96. The molecule has 0 aromatic heterocycles. The second-order valence-electron chi connectivity index (χ2n) is 5.96. The van der Waals surface area contributed by atoms with E-state index in [0.29, 0.717) is 18.5 Å². The molecule has 2 saturated heterocycles. The Hall–Kier alpha value is -1.49. The molecule has 1 aromatic carbocycles. The first-order valence-corrected chi connectivity index (χ1v) is 6.99. The molecule has 108 valence electrons. The average molecular weight is 280 g/mol. The number of benzene rings is 1. The summed E-state index contributed by atoms with van der Waals surface area (Å²) in [5.41, 5.74) is 0.156. The summed E-state index contributed by atoms with van der Waals surface area (Å²) in [7, 11) is 0. The lowest BCUT2D eigenvalue weighted by atomic mass is 9.87. The fraction of sp³-hybridized carbons (Fsp3) is 0.533. The Bertz CT molecular complexity index is 543. The number of carbonyl (C=O) groups is 1. The van der Waals surface area contributed by atoms with Crippen molar-refractivity contribution in [2.24, 2.45) is 5.41 Å². The van der Waals surface area contributed by atoms with Crippen LogP contribution in [-0.2, 0) is 4.79 Å². The van der Waals surface area contributed by atoms with Crippen LogP contribution in [0.15, 0.2) is 18.2 Å². The van der Waals surface area contributed by atoms with E-state index in [9.17, 15) is 13.6 Å². The molecular weight excluding hydrogens is 262 g/mol. The van der Waals surface area contributed by atoms with Crippen LogP contribution < -0.4 is 0 Å². The molecule has 2 aliphatic heterocycles. The van der Waals surface area contributed by atoms with Gasteiger partial charge in [-0.1, -0.05) is 6.92 Å². The standard InChI is InChI=1S/C15H18F2N2O/c1-3-15(2)9-18-5-4-13(19(18)14(15)20)10-6-11(16)8-12(17)7-10/h6-8,13H,3-5,9H2,1-2H3/t13-,15?/m0/s1. The van der Waals surface area contributed by atoms with E-state index >= 15 is 0 Å². The average Bonchev–Trinajstić information content (AvgIpc) is 2.89. The van der Waals surface area contributed by atoms with Crippen LogP contribution >= 0.6 is 0 Å². The maximum absolute atomic E-state index is 13.4. The third-order valence-corrected chi connectivity index (χ3v) is 4.57. The normalized spacial score (nSPS) is 30.1. The highest BCUT2D eigenvalue weighted by Gasteiger charge is 2.51. The molecule has 0 spiro atoms. The van der Waals surface area contributed by atoms with E-state index < -0.39 is 11.6 Å². The van der Waals surface area contributed by atoms with Gasteiger partial charge in [0.1, 0.15) is 11.6 Å². The molecule has 1 aromatic rings. The van der Waals surface area contributed by atoms with E-state index in [1.807, 2.05) is 18.9 Å². The number of hydrogen-bond donors (Lipinski definition) is 0. The van der Waals surface area contributed by atoms with Gasteiger partial charge in [0.2, 0.25) is 5.91 Å². The molecule has 0 N–H and O–H groups in total. The minimum atomic E-state index is -0.594. The summed E-state index contributed by atoms with van der Waals surface area (Å²) >= 11 is 0. The molecule has 2 heterocycles. The van der Waals surface area contributed by atoms with E-state index in [2.05, 4.69) is 0 Å². The Morgan fingerprint density at radius 3 is 2.55 bits per heavy atom. The van der Waals surface area contributed by atoms with Gasteiger partial charge in [-0.25, -0.2) is 13.8 Å². The monoisotopic (exact) mass is 280 g/mol. The van der Waals surface area contributed by atoms with Crippen molar-refractivity contribution in [3.63, 3.8) is 0 Å². The number of amides is 1. The Kier molecular flexibility index (Phi) is 3.05. The van der Waals surface area contributed by atoms with Gasteiger partial charge >= 0.3 is 0 Å². The quantitative estimate of drug-likeness (QED) is 0.831. The SMILES string of the molecule is CCC1(C)CN2CC[C@@H](c3cc(F)cc(F)c3)N2C1=O. The molecule has 0 radical (unpaired) electrons. The lowest BCUT2D eigenvalue weighted by Gasteiger charge is -2.26. The topological polar surface area (TPSA) is 23.6 Å². The molecule has 0 bridgehead atoms. The lowest BCUT2D eigenvalue weighted by Crippen LogP contribution is -2.36. The van der Waals surface area contributed by atoms with Crippen LogP contribution in [0.5, 0.6) is 0 Å². The van der Waals surface area contributed by atoms with Gasteiger partial charge in [-0.2, -0.15) is 0 Å². The second kappa shape index (κ2) is 4.52. The molecule has 0 aliphatic carbocycles. The van der Waals surface area contributed by atoms with Crippen LogP contribution in [0, 0.1) is 17.0 Å². The third kappa shape index (κ3) is 1.92. The highest BCUT2D eigenvalue weighted by Crippen LogP contribution is 2.43. The molecule has 2 fully saturated rings. The first-order valence-electron chi connectivity index (χ1n) is 6.99. The highest BCUT2D eigenvalue weighted by molar-refractivity contribution is 5.84. The van der Waals surface area contributed by atoms with Gasteiger partial charge in [-0.3, -0.25) is 9.80 Å². The fourth-order valence-electron chi connectivity index (χ4n) is 3.21. The van der Waals surface area contributed by atoms with E-state index in [1.54, 1.807) is 5.01 Å². The smallest absolute Gasteiger partial charge is 0.244 e. The van der Waals surface area contributed by atoms with Crippen LogP contribution in [-0.4, -0.2) is 29.0 Å². The van der Waals surface area contributed by atoms with Crippen LogP contribution in [0.1, 0.15) is 38.3 Å². The summed E-state index contributed by atoms with van der Waals surface area (Å²) in [5, 5.41) is 3.72. The Morgan fingerprint density at radius 2 is 1.95 bits per heavy atom. The van der Waals surface area contributed by atoms with Crippen LogP contribution in [0.4, 0.5) is 8.78 Å².